The van der Waals surface area contributed by atoms with Gasteiger partial charge in [0, 0.05) is 5.92 Å². The first-order valence-corrected chi connectivity index (χ1v) is 9.41. The molecule has 0 bridgehead atoms. The van der Waals surface area contributed by atoms with Gasteiger partial charge < -0.3 is 9.84 Å². The molecule has 29 heavy (non-hydrogen) atoms. The van der Waals surface area contributed by atoms with E-state index in [1.165, 1.54) is 12.1 Å². The predicted octanol–water partition coefficient (Wildman–Crippen LogP) is 6.06. The first kappa shape index (κ1) is 19.5. The molecule has 0 saturated carbocycles. The number of fused-ring (bicyclic) bond motifs is 1. The van der Waals surface area contributed by atoms with Gasteiger partial charge in [-0.1, -0.05) is 48.5 Å². The van der Waals surface area contributed by atoms with Gasteiger partial charge in [-0.2, -0.15) is 13.2 Å². The maximum Gasteiger partial charge on any atom is 0.416 e. The van der Waals surface area contributed by atoms with Crippen molar-refractivity contribution in [3.8, 4) is 5.75 Å². The molecule has 5 heteroatoms. The number of hydrogen-bond donors (Lipinski definition) is 1. The summed E-state index contributed by atoms with van der Waals surface area (Å²) in [5.41, 5.74) is 3.02. The number of aliphatic hydroxyl groups excluding tert-OH is 1. The van der Waals surface area contributed by atoms with Crippen molar-refractivity contribution in [3.63, 3.8) is 0 Å². The Hall–Kier alpha value is -2.79. The van der Waals surface area contributed by atoms with Crippen LogP contribution in [0.25, 0.3) is 0 Å². The van der Waals surface area contributed by atoms with Gasteiger partial charge in [0.15, 0.2) is 0 Å². The fourth-order valence-electron chi connectivity index (χ4n) is 3.65. The SMILES string of the molecule is OC1c2ccccc2[CH]CC1c1ccc(OCc2ccc(C(F)(F)F)cc2)cc1. The average Bonchev–Trinajstić information content (AvgIpc) is 2.73. The van der Waals surface area contributed by atoms with Gasteiger partial charge in [0.25, 0.3) is 0 Å². The third-order valence-corrected chi connectivity index (χ3v) is 5.28. The average molecular weight is 397 g/mol. The van der Waals surface area contributed by atoms with Crippen LogP contribution in [0.15, 0.2) is 72.8 Å². The Labute approximate surface area is 167 Å². The lowest BCUT2D eigenvalue weighted by molar-refractivity contribution is -0.137. The summed E-state index contributed by atoms with van der Waals surface area (Å²) >= 11 is 0. The number of alkyl halides is 3. The smallest absolute Gasteiger partial charge is 0.416 e. The monoisotopic (exact) mass is 397 g/mol. The van der Waals surface area contributed by atoms with Crippen LogP contribution in [0, 0.1) is 6.42 Å². The normalized spacial score (nSPS) is 18.9. The lowest BCUT2D eigenvalue weighted by atomic mass is 9.78. The molecule has 2 atom stereocenters. The summed E-state index contributed by atoms with van der Waals surface area (Å²) in [7, 11) is 0. The second-order valence-corrected chi connectivity index (χ2v) is 7.17. The molecule has 0 fully saturated rings. The van der Waals surface area contributed by atoms with E-state index in [1.807, 2.05) is 48.5 Å². The fraction of sp³-hybridized carbons (Fsp3) is 0.208. The second kappa shape index (κ2) is 7.91. The van der Waals surface area contributed by atoms with Crippen molar-refractivity contribution >= 4 is 0 Å². The van der Waals surface area contributed by atoms with Crippen LogP contribution in [-0.2, 0) is 12.8 Å². The third-order valence-electron chi connectivity index (χ3n) is 5.28. The molecule has 0 amide bonds. The van der Waals surface area contributed by atoms with Crippen molar-refractivity contribution in [3.05, 3.63) is 107 Å². The van der Waals surface area contributed by atoms with E-state index in [-0.39, 0.29) is 12.5 Å². The van der Waals surface area contributed by atoms with Gasteiger partial charge in [-0.25, -0.2) is 0 Å². The number of halogens is 3. The summed E-state index contributed by atoms with van der Waals surface area (Å²) < 4.78 is 43.6. The number of hydrogen-bond acceptors (Lipinski definition) is 2. The molecule has 2 nitrogen and oxygen atoms in total. The molecular weight excluding hydrogens is 377 g/mol. The zero-order valence-electron chi connectivity index (χ0n) is 15.6. The summed E-state index contributed by atoms with van der Waals surface area (Å²) in [4.78, 5) is 0. The molecule has 0 aliphatic heterocycles. The van der Waals surface area contributed by atoms with E-state index in [1.54, 1.807) is 0 Å². The zero-order valence-corrected chi connectivity index (χ0v) is 15.6. The topological polar surface area (TPSA) is 29.5 Å². The number of rotatable bonds is 4. The molecule has 1 aliphatic carbocycles. The lowest BCUT2D eigenvalue weighted by Gasteiger charge is -2.30. The van der Waals surface area contributed by atoms with Crippen LogP contribution in [0.4, 0.5) is 13.2 Å². The van der Waals surface area contributed by atoms with Crippen molar-refractivity contribution in [2.24, 2.45) is 0 Å². The first-order chi connectivity index (χ1) is 13.9. The van der Waals surface area contributed by atoms with Crippen LogP contribution in [0.3, 0.4) is 0 Å². The van der Waals surface area contributed by atoms with Gasteiger partial charge in [-0.15, -0.1) is 0 Å². The van der Waals surface area contributed by atoms with Crippen molar-refractivity contribution in [1.29, 1.82) is 0 Å². The van der Waals surface area contributed by atoms with Crippen molar-refractivity contribution < 1.29 is 23.0 Å². The van der Waals surface area contributed by atoms with Crippen LogP contribution in [0.5, 0.6) is 5.75 Å². The molecule has 3 aromatic carbocycles. The Morgan fingerprint density at radius 3 is 2.28 bits per heavy atom. The van der Waals surface area contributed by atoms with E-state index in [0.29, 0.717) is 11.3 Å². The quantitative estimate of drug-likeness (QED) is 0.580. The van der Waals surface area contributed by atoms with Crippen LogP contribution in [-0.4, -0.2) is 5.11 Å². The molecular formula is C24H20F3O2. The van der Waals surface area contributed by atoms with Crippen molar-refractivity contribution in [1.82, 2.24) is 0 Å². The fourth-order valence-corrected chi connectivity index (χ4v) is 3.65. The number of benzene rings is 3. The number of aliphatic hydroxyl groups is 1. The predicted molar refractivity (Wildman–Crippen MR) is 104 cm³/mol. The Morgan fingerprint density at radius 2 is 1.59 bits per heavy atom. The molecule has 0 saturated heterocycles. The van der Waals surface area contributed by atoms with E-state index in [0.717, 1.165) is 35.2 Å². The molecule has 4 rings (SSSR count). The standard InChI is InChI=1S/C24H20F3O2/c25-24(26,27)19-10-5-16(6-11-19)15-29-20-12-7-18(8-13-20)22-14-9-17-3-1-2-4-21(17)23(22)28/h1-13,22-23,28H,14-15H2. The van der Waals surface area contributed by atoms with Crippen molar-refractivity contribution in [2.75, 3.05) is 0 Å². The summed E-state index contributed by atoms with van der Waals surface area (Å²) in [5.74, 6) is 0.609. The van der Waals surface area contributed by atoms with Crippen LogP contribution in [0.1, 0.15) is 46.3 Å². The molecule has 2 unspecified atom stereocenters. The molecule has 0 heterocycles. The van der Waals surface area contributed by atoms with Gasteiger partial charge in [0.2, 0.25) is 0 Å². The van der Waals surface area contributed by atoms with E-state index in [9.17, 15) is 18.3 Å². The second-order valence-electron chi connectivity index (χ2n) is 7.17. The third kappa shape index (κ3) is 4.30. The molecule has 3 aromatic rings. The van der Waals surface area contributed by atoms with Gasteiger partial charge in [-0.05, 0) is 59.4 Å². The number of ether oxygens (including phenoxy) is 1. The van der Waals surface area contributed by atoms with Gasteiger partial charge in [-0.3, -0.25) is 0 Å². The lowest BCUT2D eigenvalue weighted by Crippen LogP contribution is -2.17. The highest BCUT2D eigenvalue weighted by Crippen LogP contribution is 2.41. The molecule has 0 spiro atoms. The largest absolute Gasteiger partial charge is 0.489 e. The van der Waals surface area contributed by atoms with Gasteiger partial charge in [0.05, 0.1) is 11.7 Å². The summed E-state index contributed by atoms with van der Waals surface area (Å²) in [6.45, 7) is 0.185. The Balaban J connectivity index is 1.40. The van der Waals surface area contributed by atoms with E-state index in [4.69, 9.17) is 4.74 Å². The molecule has 149 valence electrons. The minimum atomic E-state index is -4.34. The molecule has 1 N–H and O–H groups in total. The summed E-state index contributed by atoms with van der Waals surface area (Å²) in [6, 6.07) is 20.3. The molecule has 0 aromatic heterocycles. The maximum atomic E-state index is 12.6. The maximum absolute atomic E-state index is 12.6. The Kier molecular flexibility index (Phi) is 5.33. The van der Waals surface area contributed by atoms with Crippen molar-refractivity contribution in [2.45, 2.75) is 31.2 Å². The summed E-state index contributed by atoms with van der Waals surface area (Å²) in [5, 5.41) is 10.7. The van der Waals surface area contributed by atoms with Gasteiger partial charge >= 0.3 is 6.18 Å². The highest BCUT2D eigenvalue weighted by molar-refractivity contribution is 5.42. The highest BCUT2D eigenvalue weighted by Gasteiger charge is 2.30. The minimum Gasteiger partial charge on any atom is -0.489 e. The Bertz CT molecular complexity index is 963. The van der Waals surface area contributed by atoms with E-state index < -0.39 is 17.8 Å². The highest BCUT2D eigenvalue weighted by atomic mass is 19.4. The van der Waals surface area contributed by atoms with E-state index in [2.05, 4.69) is 6.42 Å². The van der Waals surface area contributed by atoms with E-state index >= 15 is 0 Å². The minimum absolute atomic E-state index is 0.0196. The van der Waals surface area contributed by atoms with Crippen LogP contribution >= 0.6 is 0 Å². The Morgan fingerprint density at radius 1 is 0.897 bits per heavy atom. The molecule has 1 aliphatic rings. The first-order valence-electron chi connectivity index (χ1n) is 9.41. The van der Waals surface area contributed by atoms with Crippen LogP contribution < -0.4 is 4.74 Å². The molecule has 1 radical (unpaired) electrons. The zero-order chi connectivity index (χ0) is 20.4. The van der Waals surface area contributed by atoms with Crippen LogP contribution in [0.2, 0.25) is 0 Å². The summed E-state index contributed by atoms with van der Waals surface area (Å²) in [6.07, 6.45) is -2.00. The van der Waals surface area contributed by atoms with Gasteiger partial charge in [0.1, 0.15) is 12.4 Å².